The highest BCUT2D eigenvalue weighted by Gasteiger charge is 2.27. The van der Waals surface area contributed by atoms with Crippen LogP contribution in [0.3, 0.4) is 0 Å². The summed E-state index contributed by atoms with van der Waals surface area (Å²) in [6.45, 7) is 6.25. The SMILES string of the molecule is COc1ccc(C(C#N)N2CCN(C(=O)CCC(=O)c3cc(C)ccc3C)CC2)cc1. The lowest BCUT2D eigenvalue weighted by Gasteiger charge is -2.37. The molecule has 3 rings (SSSR count). The van der Waals surface area contributed by atoms with E-state index in [4.69, 9.17) is 4.74 Å². The van der Waals surface area contributed by atoms with Crippen LogP contribution >= 0.6 is 0 Å². The first-order chi connectivity index (χ1) is 14.9. The van der Waals surface area contributed by atoms with Gasteiger partial charge in [-0.25, -0.2) is 0 Å². The molecular formula is C25H29N3O3. The molecule has 0 saturated carbocycles. The minimum atomic E-state index is -0.353. The standard InChI is InChI=1S/C25H29N3O3/c1-18-4-5-19(2)22(16-18)24(29)10-11-25(30)28-14-12-27(13-15-28)23(17-26)20-6-8-21(31-3)9-7-20/h4-9,16,23H,10-15H2,1-3H3. The molecule has 0 radical (unpaired) electrons. The Morgan fingerprint density at radius 2 is 1.71 bits per heavy atom. The maximum Gasteiger partial charge on any atom is 0.223 e. The van der Waals surface area contributed by atoms with Crippen LogP contribution in [0, 0.1) is 25.2 Å². The summed E-state index contributed by atoms with van der Waals surface area (Å²) in [5, 5.41) is 9.69. The molecule has 1 fully saturated rings. The third kappa shape index (κ3) is 5.50. The van der Waals surface area contributed by atoms with Gasteiger partial charge in [-0.3, -0.25) is 14.5 Å². The van der Waals surface area contributed by atoms with Crippen LogP contribution in [0.5, 0.6) is 5.75 Å². The molecule has 1 aliphatic heterocycles. The van der Waals surface area contributed by atoms with Crippen molar-refractivity contribution < 1.29 is 14.3 Å². The van der Waals surface area contributed by atoms with Crippen molar-refractivity contribution in [2.75, 3.05) is 33.3 Å². The molecule has 0 aliphatic carbocycles. The summed E-state index contributed by atoms with van der Waals surface area (Å²) in [5.41, 5.74) is 3.61. The zero-order valence-electron chi connectivity index (χ0n) is 18.4. The molecule has 2 aromatic rings. The molecule has 0 spiro atoms. The van der Waals surface area contributed by atoms with Gasteiger partial charge in [-0.1, -0.05) is 29.8 Å². The summed E-state index contributed by atoms with van der Waals surface area (Å²) in [4.78, 5) is 29.1. The zero-order valence-corrected chi connectivity index (χ0v) is 18.4. The van der Waals surface area contributed by atoms with Crippen LogP contribution in [0.2, 0.25) is 0 Å². The van der Waals surface area contributed by atoms with E-state index in [0.717, 1.165) is 22.4 Å². The van der Waals surface area contributed by atoms with Gasteiger partial charge in [0.25, 0.3) is 0 Å². The molecule has 1 atom stereocenters. The van der Waals surface area contributed by atoms with Gasteiger partial charge in [0.15, 0.2) is 5.78 Å². The van der Waals surface area contributed by atoms with Crippen LogP contribution in [0.4, 0.5) is 0 Å². The summed E-state index contributed by atoms with van der Waals surface area (Å²) < 4.78 is 5.18. The van der Waals surface area contributed by atoms with E-state index in [9.17, 15) is 14.9 Å². The largest absolute Gasteiger partial charge is 0.497 e. The number of methoxy groups -OCH3 is 1. The molecule has 1 saturated heterocycles. The number of nitrogens with zero attached hydrogens (tertiary/aromatic N) is 3. The molecule has 0 N–H and O–H groups in total. The maximum absolute atomic E-state index is 12.6. The topological polar surface area (TPSA) is 73.6 Å². The number of rotatable bonds is 7. The van der Waals surface area contributed by atoms with Gasteiger partial charge >= 0.3 is 0 Å². The Labute approximate surface area is 184 Å². The number of benzene rings is 2. The van der Waals surface area contributed by atoms with Crippen molar-refractivity contribution in [3.8, 4) is 11.8 Å². The second kappa shape index (κ2) is 10.2. The third-order valence-corrected chi connectivity index (χ3v) is 5.85. The summed E-state index contributed by atoms with van der Waals surface area (Å²) in [6.07, 6.45) is 0.433. The highest BCUT2D eigenvalue weighted by atomic mass is 16.5. The number of carbonyl (C=O) groups is 2. The van der Waals surface area contributed by atoms with Crippen molar-refractivity contribution in [2.45, 2.75) is 32.7 Å². The number of nitriles is 1. The fourth-order valence-corrected chi connectivity index (χ4v) is 3.93. The Kier molecular flexibility index (Phi) is 7.43. The Balaban J connectivity index is 1.52. The van der Waals surface area contributed by atoms with E-state index in [1.165, 1.54) is 0 Å². The predicted octanol–water partition coefficient (Wildman–Crippen LogP) is 3.68. The quantitative estimate of drug-likeness (QED) is 0.640. The molecular weight excluding hydrogens is 390 g/mol. The van der Waals surface area contributed by atoms with Crippen molar-refractivity contribution >= 4 is 11.7 Å². The fourth-order valence-electron chi connectivity index (χ4n) is 3.93. The summed E-state index contributed by atoms with van der Waals surface area (Å²) in [5.74, 6) is 0.764. The number of amides is 1. The molecule has 1 unspecified atom stereocenters. The maximum atomic E-state index is 12.6. The van der Waals surface area contributed by atoms with Crippen molar-refractivity contribution in [3.63, 3.8) is 0 Å². The van der Waals surface area contributed by atoms with Crippen LogP contribution in [-0.2, 0) is 4.79 Å². The number of Topliss-reactive ketones (excluding diaryl/α,β-unsaturated/α-hetero) is 1. The van der Waals surface area contributed by atoms with Gasteiger partial charge < -0.3 is 9.64 Å². The van der Waals surface area contributed by atoms with Crippen LogP contribution in [0.15, 0.2) is 42.5 Å². The molecule has 0 bridgehead atoms. The molecule has 6 heteroatoms. The van der Waals surface area contributed by atoms with E-state index >= 15 is 0 Å². The molecule has 6 nitrogen and oxygen atoms in total. The summed E-state index contributed by atoms with van der Waals surface area (Å²) in [6, 6.07) is 15.4. The fraction of sp³-hybridized carbons (Fsp3) is 0.400. The Morgan fingerprint density at radius 3 is 2.32 bits per heavy atom. The average Bonchev–Trinajstić information content (AvgIpc) is 2.80. The predicted molar refractivity (Wildman–Crippen MR) is 119 cm³/mol. The lowest BCUT2D eigenvalue weighted by atomic mass is 9.99. The average molecular weight is 420 g/mol. The van der Waals surface area contributed by atoms with E-state index in [1.54, 1.807) is 12.0 Å². The number of carbonyl (C=O) groups excluding carboxylic acids is 2. The number of ketones is 1. The monoisotopic (exact) mass is 419 g/mol. The normalized spacial score (nSPS) is 15.2. The number of ether oxygens (including phenoxy) is 1. The van der Waals surface area contributed by atoms with Gasteiger partial charge in [-0.05, 0) is 43.2 Å². The van der Waals surface area contributed by atoms with Crippen LogP contribution in [-0.4, -0.2) is 54.8 Å². The molecule has 31 heavy (non-hydrogen) atoms. The highest BCUT2D eigenvalue weighted by molar-refractivity contribution is 5.99. The number of hydrogen-bond acceptors (Lipinski definition) is 5. The van der Waals surface area contributed by atoms with Gasteiger partial charge in [0.1, 0.15) is 11.8 Å². The first-order valence-electron chi connectivity index (χ1n) is 10.6. The van der Waals surface area contributed by atoms with Gasteiger partial charge in [0, 0.05) is 44.6 Å². The van der Waals surface area contributed by atoms with Crippen molar-refractivity contribution in [2.24, 2.45) is 0 Å². The van der Waals surface area contributed by atoms with Crippen molar-refractivity contribution in [3.05, 3.63) is 64.7 Å². The molecule has 1 heterocycles. The van der Waals surface area contributed by atoms with E-state index < -0.39 is 0 Å². The minimum absolute atomic E-state index is 0.00346. The Hall–Kier alpha value is -3.17. The number of aryl methyl sites for hydroxylation is 2. The summed E-state index contributed by atoms with van der Waals surface area (Å²) in [7, 11) is 1.61. The van der Waals surface area contributed by atoms with Gasteiger partial charge in [-0.15, -0.1) is 0 Å². The van der Waals surface area contributed by atoms with E-state index in [2.05, 4.69) is 11.0 Å². The first-order valence-corrected chi connectivity index (χ1v) is 10.6. The van der Waals surface area contributed by atoms with Gasteiger partial charge in [0.05, 0.1) is 13.2 Å². The first kappa shape index (κ1) is 22.5. The lowest BCUT2D eigenvalue weighted by molar-refractivity contribution is -0.133. The van der Waals surface area contributed by atoms with Crippen LogP contribution < -0.4 is 4.74 Å². The smallest absolute Gasteiger partial charge is 0.223 e. The molecule has 1 aliphatic rings. The molecule has 2 aromatic carbocycles. The minimum Gasteiger partial charge on any atom is -0.497 e. The number of piperazine rings is 1. The molecule has 1 amide bonds. The third-order valence-electron chi connectivity index (χ3n) is 5.85. The van der Waals surface area contributed by atoms with Crippen molar-refractivity contribution in [1.82, 2.24) is 9.80 Å². The lowest BCUT2D eigenvalue weighted by Crippen LogP contribution is -2.49. The van der Waals surface area contributed by atoms with Crippen LogP contribution in [0.25, 0.3) is 0 Å². The van der Waals surface area contributed by atoms with Crippen LogP contribution in [0.1, 0.15) is 45.9 Å². The van der Waals surface area contributed by atoms with Gasteiger partial charge in [-0.2, -0.15) is 5.26 Å². The summed E-state index contributed by atoms with van der Waals surface area (Å²) >= 11 is 0. The highest BCUT2D eigenvalue weighted by Crippen LogP contribution is 2.24. The second-order valence-electron chi connectivity index (χ2n) is 7.96. The van der Waals surface area contributed by atoms with Crippen molar-refractivity contribution in [1.29, 1.82) is 5.26 Å². The molecule has 0 aromatic heterocycles. The second-order valence-corrected chi connectivity index (χ2v) is 7.96. The van der Waals surface area contributed by atoms with Gasteiger partial charge in [0.2, 0.25) is 5.91 Å². The number of hydrogen-bond donors (Lipinski definition) is 0. The zero-order chi connectivity index (χ0) is 22.4. The van der Waals surface area contributed by atoms with E-state index in [1.807, 2.05) is 56.3 Å². The Bertz CT molecular complexity index is 970. The molecule has 162 valence electrons. The Morgan fingerprint density at radius 1 is 1.03 bits per heavy atom. The van der Waals surface area contributed by atoms with E-state index in [0.29, 0.717) is 31.7 Å². The van der Waals surface area contributed by atoms with E-state index in [-0.39, 0.29) is 30.6 Å².